The SMILES string of the molecule is CCN(CC)C(=O)Oc1ccc2c(ccn2Cc2ccccc2Cl)c1NC(=O)c1ccc(F)cc1F. The molecule has 36 heavy (non-hydrogen) atoms. The summed E-state index contributed by atoms with van der Waals surface area (Å²) in [7, 11) is 0. The van der Waals surface area contributed by atoms with Crippen LogP contribution in [-0.2, 0) is 6.54 Å². The van der Waals surface area contributed by atoms with E-state index in [1.807, 2.05) is 42.8 Å². The molecule has 9 heteroatoms. The van der Waals surface area contributed by atoms with Gasteiger partial charge in [-0.2, -0.15) is 0 Å². The summed E-state index contributed by atoms with van der Waals surface area (Å²) < 4.78 is 35.2. The number of hydrogen-bond acceptors (Lipinski definition) is 3. The molecule has 0 spiro atoms. The monoisotopic (exact) mass is 511 g/mol. The first kappa shape index (κ1) is 25.2. The number of halogens is 3. The molecule has 0 radical (unpaired) electrons. The molecule has 0 aliphatic rings. The lowest BCUT2D eigenvalue weighted by Crippen LogP contribution is -2.33. The van der Waals surface area contributed by atoms with Crippen molar-refractivity contribution in [3.63, 3.8) is 0 Å². The zero-order chi connectivity index (χ0) is 25.8. The van der Waals surface area contributed by atoms with Gasteiger partial charge in [-0.1, -0.05) is 29.8 Å². The molecule has 2 amide bonds. The van der Waals surface area contributed by atoms with Crippen molar-refractivity contribution < 1.29 is 23.1 Å². The Kier molecular flexibility index (Phi) is 7.55. The molecule has 1 aromatic heterocycles. The Morgan fingerprint density at radius 3 is 2.47 bits per heavy atom. The molecule has 0 aliphatic heterocycles. The van der Waals surface area contributed by atoms with E-state index in [1.165, 1.54) is 4.90 Å². The number of carbonyl (C=O) groups excluding carboxylic acids is 2. The van der Waals surface area contributed by atoms with Gasteiger partial charge in [-0.05, 0) is 55.8 Å². The zero-order valence-electron chi connectivity index (χ0n) is 19.7. The number of aromatic nitrogens is 1. The second kappa shape index (κ2) is 10.8. The molecule has 1 heterocycles. The molecule has 0 aliphatic carbocycles. The summed E-state index contributed by atoms with van der Waals surface area (Å²) in [6.07, 6.45) is 1.23. The number of benzene rings is 3. The molecule has 0 unspecified atom stereocenters. The zero-order valence-corrected chi connectivity index (χ0v) is 20.5. The average molecular weight is 512 g/mol. The molecule has 0 fully saturated rings. The van der Waals surface area contributed by atoms with Gasteiger partial charge in [0.25, 0.3) is 5.91 Å². The van der Waals surface area contributed by atoms with Gasteiger partial charge < -0.3 is 19.5 Å². The van der Waals surface area contributed by atoms with Crippen LogP contribution < -0.4 is 10.1 Å². The van der Waals surface area contributed by atoms with E-state index in [-0.39, 0.29) is 17.0 Å². The first-order valence-electron chi connectivity index (χ1n) is 11.4. The van der Waals surface area contributed by atoms with E-state index in [1.54, 1.807) is 24.3 Å². The van der Waals surface area contributed by atoms with E-state index in [0.29, 0.717) is 36.1 Å². The Balaban J connectivity index is 1.76. The van der Waals surface area contributed by atoms with Gasteiger partial charge in [-0.3, -0.25) is 4.79 Å². The number of amides is 2. The van der Waals surface area contributed by atoms with Crippen molar-refractivity contribution in [2.75, 3.05) is 18.4 Å². The van der Waals surface area contributed by atoms with Gasteiger partial charge in [0.05, 0.1) is 16.8 Å². The van der Waals surface area contributed by atoms with E-state index in [4.69, 9.17) is 16.3 Å². The van der Waals surface area contributed by atoms with Gasteiger partial charge in [0.15, 0.2) is 5.75 Å². The van der Waals surface area contributed by atoms with Gasteiger partial charge in [-0.15, -0.1) is 0 Å². The molecule has 1 N–H and O–H groups in total. The average Bonchev–Trinajstić information content (AvgIpc) is 3.25. The van der Waals surface area contributed by atoms with Crippen LogP contribution in [0.5, 0.6) is 5.75 Å². The summed E-state index contributed by atoms with van der Waals surface area (Å²) in [5.74, 6) is -2.50. The maximum Gasteiger partial charge on any atom is 0.415 e. The molecule has 4 aromatic rings. The van der Waals surface area contributed by atoms with E-state index in [2.05, 4.69) is 5.32 Å². The summed E-state index contributed by atoms with van der Waals surface area (Å²) in [5, 5.41) is 3.85. The molecule has 0 bridgehead atoms. The minimum atomic E-state index is -1.00. The lowest BCUT2D eigenvalue weighted by atomic mass is 10.1. The van der Waals surface area contributed by atoms with Crippen LogP contribution in [0.3, 0.4) is 0 Å². The molecule has 0 atom stereocenters. The summed E-state index contributed by atoms with van der Waals surface area (Å²) in [5.41, 5.74) is 1.48. The Labute approximate surface area is 212 Å². The van der Waals surface area contributed by atoms with Gasteiger partial charge in [0.2, 0.25) is 0 Å². The van der Waals surface area contributed by atoms with E-state index >= 15 is 0 Å². The molecule has 3 aromatic carbocycles. The summed E-state index contributed by atoms with van der Waals surface area (Å²) in [4.78, 5) is 27.1. The van der Waals surface area contributed by atoms with Crippen LogP contribution in [0.4, 0.5) is 19.3 Å². The van der Waals surface area contributed by atoms with E-state index in [0.717, 1.165) is 23.2 Å². The van der Waals surface area contributed by atoms with Crippen molar-refractivity contribution in [1.29, 1.82) is 0 Å². The van der Waals surface area contributed by atoms with Crippen molar-refractivity contribution in [2.45, 2.75) is 20.4 Å². The topological polar surface area (TPSA) is 63.6 Å². The molecule has 6 nitrogen and oxygen atoms in total. The third-order valence-electron chi connectivity index (χ3n) is 5.85. The highest BCUT2D eigenvalue weighted by Gasteiger charge is 2.21. The summed E-state index contributed by atoms with van der Waals surface area (Å²) in [6, 6.07) is 15.2. The van der Waals surface area contributed by atoms with E-state index < -0.39 is 23.6 Å². The number of fused-ring (bicyclic) bond motifs is 1. The Morgan fingerprint density at radius 2 is 1.78 bits per heavy atom. The van der Waals surface area contributed by atoms with E-state index in [9.17, 15) is 18.4 Å². The molecular formula is C27H24ClF2N3O3. The number of hydrogen-bond donors (Lipinski definition) is 1. The number of carbonyl (C=O) groups is 2. The number of nitrogens with zero attached hydrogens (tertiary/aromatic N) is 2. The van der Waals surface area contributed by atoms with Crippen LogP contribution in [0.2, 0.25) is 5.02 Å². The van der Waals surface area contributed by atoms with Crippen LogP contribution in [0.15, 0.2) is 66.9 Å². The number of ether oxygens (including phenoxy) is 1. The minimum absolute atomic E-state index is 0.103. The molecular weight excluding hydrogens is 488 g/mol. The lowest BCUT2D eigenvalue weighted by molar-refractivity contribution is 0.102. The van der Waals surface area contributed by atoms with Crippen LogP contribution in [-0.4, -0.2) is 34.6 Å². The quantitative estimate of drug-likeness (QED) is 0.300. The molecule has 0 saturated heterocycles. The van der Waals surface area contributed by atoms with Crippen molar-refractivity contribution in [2.24, 2.45) is 0 Å². The van der Waals surface area contributed by atoms with Crippen LogP contribution in [0.1, 0.15) is 29.8 Å². The second-order valence-corrected chi connectivity index (χ2v) is 8.43. The number of anilines is 1. The number of nitrogens with one attached hydrogen (secondary N) is 1. The highest BCUT2D eigenvalue weighted by atomic mass is 35.5. The van der Waals surface area contributed by atoms with Crippen LogP contribution in [0, 0.1) is 11.6 Å². The first-order chi connectivity index (χ1) is 17.3. The standard InChI is InChI=1S/C27H24ClF2N3O3/c1-3-32(4-2)27(35)36-24-12-11-23-20(13-14-33(23)16-17-7-5-6-8-21(17)28)25(24)31-26(34)19-10-9-18(29)15-22(19)30/h5-15H,3-4,16H2,1-2H3,(H,31,34). The van der Waals surface area contributed by atoms with Crippen molar-refractivity contribution in [1.82, 2.24) is 9.47 Å². The number of rotatable bonds is 7. The Hall–Kier alpha value is -3.91. The predicted octanol–water partition coefficient (Wildman–Crippen LogP) is 6.71. The Bertz CT molecular complexity index is 1430. The molecule has 4 rings (SSSR count). The molecule has 0 saturated carbocycles. The third kappa shape index (κ3) is 5.18. The first-order valence-corrected chi connectivity index (χ1v) is 11.8. The normalized spacial score (nSPS) is 10.9. The highest BCUT2D eigenvalue weighted by molar-refractivity contribution is 6.31. The van der Waals surface area contributed by atoms with Crippen LogP contribution >= 0.6 is 11.6 Å². The highest BCUT2D eigenvalue weighted by Crippen LogP contribution is 2.36. The van der Waals surface area contributed by atoms with Gasteiger partial charge in [0.1, 0.15) is 11.6 Å². The maximum absolute atomic E-state index is 14.3. The van der Waals surface area contributed by atoms with Crippen molar-refractivity contribution in [3.8, 4) is 5.75 Å². The third-order valence-corrected chi connectivity index (χ3v) is 6.22. The smallest absolute Gasteiger partial charge is 0.408 e. The van der Waals surface area contributed by atoms with Gasteiger partial charge in [0, 0.05) is 42.3 Å². The summed E-state index contributed by atoms with van der Waals surface area (Å²) in [6.45, 7) is 4.98. The van der Waals surface area contributed by atoms with Crippen molar-refractivity contribution >= 4 is 40.2 Å². The Morgan fingerprint density at radius 1 is 1.03 bits per heavy atom. The van der Waals surface area contributed by atoms with Gasteiger partial charge >= 0.3 is 6.09 Å². The van der Waals surface area contributed by atoms with Gasteiger partial charge in [-0.25, -0.2) is 13.6 Å². The molecule has 186 valence electrons. The maximum atomic E-state index is 14.3. The van der Waals surface area contributed by atoms with Crippen molar-refractivity contribution in [3.05, 3.63) is 94.6 Å². The fraction of sp³-hybridized carbons (Fsp3) is 0.185. The summed E-state index contributed by atoms with van der Waals surface area (Å²) >= 11 is 6.33. The second-order valence-electron chi connectivity index (χ2n) is 8.03. The largest absolute Gasteiger partial charge is 0.415 e. The fourth-order valence-corrected chi connectivity index (χ4v) is 4.10. The minimum Gasteiger partial charge on any atom is -0.408 e. The fourth-order valence-electron chi connectivity index (χ4n) is 3.91. The lowest BCUT2D eigenvalue weighted by Gasteiger charge is -2.20. The predicted molar refractivity (Wildman–Crippen MR) is 136 cm³/mol. The van der Waals surface area contributed by atoms with Crippen LogP contribution in [0.25, 0.3) is 10.9 Å².